The van der Waals surface area contributed by atoms with Gasteiger partial charge in [0, 0.05) is 16.1 Å². The summed E-state index contributed by atoms with van der Waals surface area (Å²) in [7, 11) is -3.90. The number of rotatable bonds is 3. The monoisotopic (exact) mass is 327 g/mol. The van der Waals surface area contributed by atoms with Crippen LogP contribution in [-0.4, -0.2) is 13.4 Å². The van der Waals surface area contributed by atoms with E-state index >= 15 is 0 Å². The minimum absolute atomic E-state index is 0.0424. The van der Waals surface area contributed by atoms with E-state index in [9.17, 15) is 12.8 Å². The molecule has 1 heterocycles. The summed E-state index contributed by atoms with van der Waals surface area (Å²) in [6.07, 6.45) is 2.86. The molecular formula is C13H14FN3O2S2. The van der Waals surface area contributed by atoms with Gasteiger partial charge in [-0.05, 0) is 38.3 Å². The lowest BCUT2D eigenvalue weighted by molar-refractivity contribution is 0.591. The van der Waals surface area contributed by atoms with Crippen LogP contribution in [0.1, 0.15) is 22.6 Å². The minimum Gasteiger partial charge on any atom is -0.399 e. The van der Waals surface area contributed by atoms with E-state index in [0.717, 1.165) is 35.9 Å². The Bertz CT molecular complexity index is 794. The van der Waals surface area contributed by atoms with Gasteiger partial charge < -0.3 is 5.73 Å². The molecule has 0 atom stereocenters. The molecule has 1 aromatic heterocycles. The molecule has 0 aliphatic heterocycles. The van der Waals surface area contributed by atoms with Gasteiger partial charge in [0.1, 0.15) is 5.82 Å². The van der Waals surface area contributed by atoms with E-state index in [1.54, 1.807) is 0 Å². The predicted octanol–water partition coefficient (Wildman–Crippen LogP) is 2.46. The van der Waals surface area contributed by atoms with Crippen molar-refractivity contribution < 1.29 is 12.8 Å². The Hall–Kier alpha value is -1.67. The largest absolute Gasteiger partial charge is 0.399 e. The Morgan fingerprint density at radius 2 is 2.14 bits per heavy atom. The molecule has 3 rings (SSSR count). The number of hydrogen-bond donors (Lipinski definition) is 2. The zero-order valence-electron chi connectivity index (χ0n) is 11.3. The maximum Gasteiger partial charge on any atom is 0.264 e. The van der Waals surface area contributed by atoms with E-state index in [-0.39, 0.29) is 16.1 Å². The van der Waals surface area contributed by atoms with E-state index in [4.69, 9.17) is 5.73 Å². The van der Waals surface area contributed by atoms with Gasteiger partial charge in [-0.25, -0.2) is 17.8 Å². The number of anilines is 2. The molecule has 8 heteroatoms. The first-order chi connectivity index (χ1) is 9.87. The lowest BCUT2D eigenvalue weighted by Crippen LogP contribution is -2.15. The Labute approximate surface area is 126 Å². The minimum atomic E-state index is -3.90. The standard InChI is InChI=1S/C13H14FN3O2S2/c1-7-9(14)5-8(15)6-12(7)21(18,19)17-13-16-10-3-2-4-11(10)20-13/h5-6H,2-4,15H2,1H3,(H,16,17). The topological polar surface area (TPSA) is 85.1 Å². The molecule has 0 saturated heterocycles. The van der Waals surface area contributed by atoms with Crippen molar-refractivity contribution >= 4 is 32.2 Å². The summed E-state index contributed by atoms with van der Waals surface area (Å²) in [5, 5.41) is 0.321. The molecule has 1 aliphatic carbocycles. The summed E-state index contributed by atoms with van der Waals surface area (Å²) >= 11 is 1.33. The maximum absolute atomic E-state index is 13.7. The fourth-order valence-electron chi connectivity index (χ4n) is 2.36. The van der Waals surface area contributed by atoms with Crippen molar-refractivity contribution in [3.05, 3.63) is 34.1 Å². The fourth-order valence-corrected chi connectivity index (χ4v) is 4.93. The van der Waals surface area contributed by atoms with Crippen LogP contribution in [0.3, 0.4) is 0 Å². The van der Waals surface area contributed by atoms with E-state index in [0.29, 0.717) is 5.13 Å². The number of nitrogens with two attached hydrogens (primary N) is 1. The number of aryl methyl sites for hydroxylation is 2. The summed E-state index contributed by atoms with van der Waals surface area (Å²) in [5.41, 5.74) is 6.60. The summed E-state index contributed by atoms with van der Waals surface area (Å²) in [6, 6.07) is 2.36. The number of fused-ring (bicyclic) bond motifs is 1. The van der Waals surface area contributed by atoms with E-state index in [2.05, 4.69) is 9.71 Å². The molecule has 0 bridgehead atoms. The molecule has 0 radical (unpaired) electrons. The first-order valence-electron chi connectivity index (χ1n) is 6.44. The first kappa shape index (κ1) is 14.3. The van der Waals surface area contributed by atoms with E-state index in [1.807, 2.05) is 0 Å². The second kappa shape index (κ2) is 4.96. The second-order valence-electron chi connectivity index (χ2n) is 4.97. The Morgan fingerprint density at radius 3 is 2.86 bits per heavy atom. The number of nitrogens with one attached hydrogen (secondary N) is 1. The zero-order chi connectivity index (χ0) is 15.2. The lowest BCUT2D eigenvalue weighted by atomic mass is 10.2. The van der Waals surface area contributed by atoms with Gasteiger partial charge in [0.25, 0.3) is 10.0 Å². The van der Waals surface area contributed by atoms with E-state index in [1.165, 1.54) is 24.3 Å². The van der Waals surface area contributed by atoms with Crippen LogP contribution in [0.4, 0.5) is 15.2 Å². The highest BCUT2D eigenvalue weighted by Gasteiger charge is 2.23. The SMILES string of the molecule is Cc1c(F)cc(N)cc1S(=O)(=O)Nc1nc2c(s1)CCC2. The van der Waals surface area contributed by atoms with Crippen molar-refractivity contribution in [1.82, 2.24) is 4.98 Å². The van der Waals surface area contributed by atoms with Gasteiger partial charge >= 0.3 is 0 Å². The number of nitrogen functional groups attached to an aromatic ring is 1. The predicted molar refractivity (Wildman–Crippen MR) is 80.5 cm³/mol. The molecular weight excluding hydrogens is 313 g/mol. The van der Waals surface area contributed by atoms with E-state index < -0.39 is 15.8 Å². The maximum atomic E-state index is 13.7. The van der Waals surface area contributed by atoms with Crippen LogP contribution < -0.4 is 10.5 Å². The smallest absolute Gasteiger partial charge is 0.264 e. The number of halogens is 1. The zero-order valence-corrected chi connectivity index (χ0v) is 12.9. The summed E-state index contributed by atoms with van der Waals surface area (Å²) < 4.78 is 40.8. The average molecular weight is 327 g/mol. The third kappa shape index (κ3) is 2.60. The summed E-state index contributed by atoms with van der Waals surface area (Å²) in [4.78, 5) is 5.24. The molecule has 3 N–H and O–H groups in total. The molecule has 1 aliphatic rings. The van der Waals surface area contributed by atoms with Crippen molar-refractivity contribution in [2.45, 2.75) is 31.1 Å². The van der Waals surface area contributed by atoms with Crippen LogP contribution in [0.5, 0.6) is 0 Å². The van der Waals surface area contributed by atoms with Crippen LogP contribution in [0.2, 0.25) is 0 Å². The van der Waals surface area contributed by atoms with Crippen molar-refractivity contribution in [2.24, 2.45) is 0 Å². The average Bonchev–Trinajstić information content (AvgIpc) is 2.93. The van der Waals surface area contributed by atoms with Crippen molar-refractivity contribution in [2.75, 3.05) is 10.5 Å². The molecule has 2 aromatic rings. The third-order valence-corrected chi connectivity index (χ3v) is 6.09. The number of hydrogen-bond acceptors (Lipinski definition) is 5. The van der Waals surface area contributed by atoms with Gasteiger partial charge in [0.2, 0.25) is 0 Å². The number of sulfonamides is 1. The Kier molecular flexibility index (Phi) is 3.37. The van der Waals surface area contributed by atoms with Crippen LogP contribution >= 0.6 is 11.3 Å². The van der Waals surface area contributed by atoms with Gasteiger partial charge in [0.15, 0.2) is 5.13 Å². The van der Waals surface area contributed by atoms with Gasteiger partial charge in [-0.1, -0.05) is 0 Å². The fraction of sp³-hybridized carbons (Fsp3) is 0.308. The molecule has 0 unspecified atom stereocenters. The lowest BCUT2D eigenvalue weighted by Gasteiger charge is -2.10. The van der Waals surface area contributed by atoms with Crippen molar-refractivity contribution in [3.63, 3.8) is 0 Å². The van der Waals surface area contributed by atoms with Gasteiger partial charge in [-0.15, -0.1) is 11.3 Å². The Balaban J connectivity index is 1.97. The van der Waals surface area contributed by atoms with Gasteiger partial charge in [-0.2, -0.15) is 0 Å². The highest BCUT2D eigenvalue weighted by Crippen LogP contribution is 2.32. The first-order valence-corrected chi connectivity index (χ1v) is 8.74. The molecule has 0 saturated carbocycles. The quantitative estimate of drug-likeness (QED) is 0.848. The summed E-state index contributed by atoms with van der Waals surface area (Å²) in [6.45, 7) is 1.41. The molecule has 21 heavy (non-hydrogen) atoms. The molecule has 0 fully saturated rings. The second-order valence-corrected chi connectivity index (χ2v) is 7.71. The Morgan fingerprint density at radius 1 is 1.38 bits per heavy atom. The van der Waals surface area contributed by atoms with Crippen LogP contribution in [0.25, 0.3) is 0 Å². The molecule has 0 spiro atoms. The highest BCUT2D eigenvalue weighted by atomic mass is 32.2. The number of aromatic nitrogens is 1. The highest BCUT2D eigenvalue weighted by molar-refractivity contribution is 7.93. The summed E-state index contributed by atoms with van der Waals surface area (Å²) in [5.74, 6) is -0.642. The van der Waals surface area contributed by atoms with Gasteiger partial charge in [0.05, 0.1) is 10.6 Å². The molecule has 112 valence electrons. The van der Waals surface area contributed by atoms with Crippen LogP contribution in [0.15, 0.2) is 17.0 Å². The normalized spacial score (nSPS) is 14.2. The molecule has 0 amide bonds. The number of thiazole rings is 1. The number of nitrogens with zero attached hydrogens (tertiary/aromatic N) is 1. The molecule has 1 aromatic carbocycles. The van der Waals surface area contributed by atoms with Crippen LogP contribution in [-0.2, 0) is 22.9 Å². The van der Waals surface area contributed by atoms with Crippen molar-refractivity contribution in [3.8, 4) is 0 Å². The third-order valence-electron chi connectivity index (χ3n) is 3.43. The number of benzene rings is 1. The molecule has 5 nitrogen and oxygen atoms in total. The van der Waals surface area contributed by atoms with Crippen molar-refractivity contribution in [1.29, 1.82) is 0 Å². The van der Waals surface area contributed by atoms with Crippen LogP contribution in [0, 0.1) is 12.7 Å². The van der Waals surface area contributed by atoms with Gasteiger partial charge in [-0.3, -0.25) is 4.72 Å².